The predicted molar refractivity (Wildman–Crippen MR) is 102 cm³/mol. The zero-order valence-corrected chi connectivity index (χ0v) is 16.0. The van der Waals surface area contributed by atoms with Crippen LogP contribution in [0.1, 0.15) is 29.9 Å². The second kappa shape index (κ2) is 7.18. The van der Waals surface area contributed by atoms with Crippen molar-refractivity contribution in [3.63, 3.8) is 0 Å². The topological polar surface area (TPSA) is 86.7 Å². The van der Waals surface area contributed by atoms with Gasteiger partial charge in [0.25, 0.3) is 0 Å². The number of halogens is 1. The van der Waals surface area contributed by atoms with Gasteiger partial charge in [-0.15, -0.1) is 0 Å². The Labute approximate surface area is 163 Å². The van der Waals surface area contributed by atoms with E-state index in [2.05, 4.69) is 9.62 Å². The van der Waals surface area contributed by atoms with Crippen LogP contribution in [0.4, 0.5) is 10.1 Å². The van der Waals surface area contributed by atoms with Crippen LogP contribution in [-0.2, 0) is 21.2 Å². The van der Waals surface area contributed by atoms with Gasteiger partial charge in [0.1, 0.15) is 5.82 Å². The second-order valence-corrected chi connectivity index (χ2v) is 9.07. The maximum absolute atomic E-state index is 13.4. The molecule has 4 rings (SSSR count). The molecular formula is C20H21FN2O4S. The summed E-state index contributed by atoms with van der Waals surface area (Å²) in [5, 5.41) is 8.98. The minimum atomic E-state index is -3.82. The molecule has 2 N–H and O–H groups in total. The molecule has 8 heteroatoms. The van der Waals surface area contributed by atoms with Crippen LogP contribution in [0.15, 0.2) is 47.4 Å². The Kier molecular flexibility index (Phi) is 4.84. The van der Waals surface area contributed by atoms with Crippen LogP contribution in [0, 0.1) is 5.82 Å². The molecule has 2 aliphatic rings. The number of anilines is 1. The van der Waals surface area contributed by atoms with E-state index in [-0.39, 0.29) is 23.3 Å². The van der Waals surface area contributed by atoms with Crippen molar-refractivity contribution < 1.29 is 22.7 Å². The normalized spacial score (nSPS) is 20.8. The molecule has 6 nitrogen and oxygen atoms in total. The highest BCUT2D eigenvalue weighted by atomic mass is 32.2. The minimum Gasteiger partial charge on any atom is -0.481 e. The third-order valence-corrected chi connectivity index (χ3v) is 6.94. The van der Waals surface area contributed by atoms with Crippen molar-refractivity contribution in [3.8, 4) is 0 Å². The van der Waals surface area contributed by atoms with Crippen LogP contribution in [-0.4, -0.2) is 38.6 Å². The lowest BCUT2D eigenvalue weighted by Gasteiger charge is -2.29. The SMILES string of the molecule is O=C(O)CCN1CC2CC(NS(=O)(=O)c3cccc(F)c3)Cc3cccc1c32. The van der Waals surface area contributed by atoms with Crippen LogP contribution >= 0.6 is 0 Å². The molecule has 2 atom stereocenters. The lowest BCUT2D eigenvalue weighted by Crippen LogP contribution is -2.40. The van der Waals surface area contributed by atoms with E-state index in [4.69, 9.17) is 5.11 Å². The monoisotopic (exact) mass is 404 g/mol. The molecule has 0 radical (unpaired) electrons. The molecule has 0 saturated carbocycles. The van der Waals surface area contributed by atoms with Crippen molar-refractivity contribution in [3.05, 3.63) is 59.4 Å². The maximum Gasteiger partial charge on any atom is 0.305 e. The average Bonchev–Trinajstić information content (AvgIpc) is 2.99. The number of carboxylic acids is 1. The van der Waals surface area contributed by atoms with E-state index >= 15 is 0 Å². The summed E-state index contributed by atoms with van der Waals surface area (Å²) < 4.78 is 41.5. The Hall–Kier alpha value is -2.45. The van der Waals surface area contributed by atoms with Crippen LogP contribution in [0.25, 0.3) is 0 Å². The summed E-state index contributed by atoms with van der Waals surface area (Å²) in [5.41, 5.74) is 3.34. The van der Waals surface area contributed by atoms with Crippen molar-refractivity contribution in [1.82, 2.24) is 4.72 Å². The van der Waals surface area contributed by atoms with Gasteiger partial charge in [-0.1, -0.05) is 18.2 Å². The van der Waals surface area contributed by atoms with E-state index in [1.54, 1.807) is 0 Å². The number of hydrogen-bond donors (Lipinski definition) is 2. The first kappa shape index (κ1) is 18.9. The quantitative estimate of drug-likeness (QED) is 0.773. The molecule has 2 unspecified atom stereocenters. The van der Waals surface area contributed by atoms with Crippen molar-refractivity contribution in [2.24, 2.45) is 0 Å². The number of hydrogen-bond acceptors (Lipinski definition) is 4. The molecule has 2 aromatic carbocycles. The average molecular weight is 404 g/mol. The highest BCUT2D eigenvalue weighted by Gasteiger charge is 2.37. The fourth-order valence-electron chi connectivity index (χ4n) is 4.32. The Balaban J connectivity index is 1.54. The first-order valence-corrected chi connectivity index (χ1v) is 10.7. The molecule has 1 aliphatic heterocycles. The largest absolute Gasteiger partial charge is 0.481 e. The van der Waals surface area contributed by atoms with Crippen molar-refractivity contribution in [2.45, 2.75) is 36.1 Å². The fourth-order valence-corrected chi connectivity index (χ4v) is 5.60. The van der Waals surface area contributed by atoms with Crippen molar-refractivity contribution in [1.29, 1.82) is 0 Å². The van der Waals surface area contributed by atoms with Gasteiger partial charge in [0, 0.05) is 30.7 Å². The first-order valence-electron chi connectivity index (χ1n) is 9.20. The van der Waals surface area contributed by atoms with Gasteiger partial charge >= 0.3 is 5.97 Å². The van der Waals surface area contributed by atoms with Gasteiger partial charge in [0.05, 0.1) is 11.3 Å². The number of carboxylic acid groups (broad SMARTS) is 1. The Morgan fingerprint density at radius 1 is 1.25 bits per heavy atom. The lowest BCUT2D eigenvalue weighted by atomic mass is 9.82. The van der Waals surface area contributed by atoms with Crippen molar-refractivity contribution >= 4 is 21.7 Å². The molecule has 0 spiro atoms. The number of sulfonamides is 1. The third kappa shape index (κ3) is 3.62. The summed E-state index contributed by atoms with van der Waals surface area (Å²) in [4.78, 5) is 12.9. The Bertz CT molecular complexity index is 1020. The molecule has 1 aliphatic carbocycles. The molecule has 0 amide bonds. The zero-order valence-electron chi connectivity index (χ0n) is 15.1. The maximum atomic E-state index is 13.4. The van der Waals surface area contributed by atoms with Gasteiger partial charge in [-0.25, -0.2) is 17.5 Å². The molecule has 0 bridgehead atoms. The van der Waals surface area contributed by atoms with Gasteiger partial charge in [0.15, 0.2) is 0 Å². The van der Waals surface area contributed by atoms with Crippen LogP contribution in [0.2, 0.25) is 0 Å². The summed E-state index contributed by atoms with van der Waals surface area (Å²) in [6.07, 6.45) is 1.25. The van der Waals surface area contributed by atoms with E-state index in [1.165, 1.54) is 23.8 Å². The van der Waals surface area contributed by atoms with Gasteiger partial charge in [-0.3, -0.25) is 4.79 Å². The summed E-state index contributed by atoms with van der Waals surface area (Å²) in [6.45, 7) is 1.11. The standard InChI is InChI=1S/C20H21FN2O4S/c21-15-4-2-5-17(11-15)28(26,27)22-16-9-13-3-1-6-18-20(13)14(10-16)12-23(18)8-7-19(24)25/h1-6,11,14,16,22H,7-10,12H2,(H,24,25). The molecule has 0 fully saturated rings. The van der Waals surface area contributed by atoms with E-state index in [9.17, 15) is 17.6 Å². The van der Waals surface area contributed by atoms with Crippen LogP contribution in [0.3, 0.4) is 0 Å². The van der Waals surface area contributed by atoms with E-state index in [0.717, 1.165) is 17.3 Å². The molecular weight excluding hydrogens is 383 g/mol. The minimum absolute atomic E-state index is 0.0615. The smallest absolute Gasteiger partial charge is 0.305 e. The number of nitrogens with one attached hydrogen (secondary N) is 1. The van der Waals surface area contributed by atoms with Gasteiger partial charge < -0.3 is 10.0 Å². The molecule has 2 aromatic rings. The lowest BCUT2D eigenvalue weighted by molar-refractivity contribution is -0.136. The Morgan fingerprint density at radius 3 is 2.79 bits per heavy atom. The van der Waals surface area contributed by atoms with E-state index in [0.29, 0.717) is 25.9 Å². The number of aliphatic carboxylic acids is 1. The van der Waals surface area contributed by atoms with Crippen molar-refractivity contribution in [2.75, 3.05) is 18.0 Å². The number of benzene rings is 2. The number of rotatable bonds is 6. The zero-order chi connectivity index (χ0) is 19.9. The van der Waals surface area contributed by atoms with E-state index < -0.39 is 21.8 Å². The summed E-state index contributed by atoms with van der Waals surface area (Å²) >= 11 is 0. The van der Waals surface area contributed by atoms with Crippen LogP contribution < -0.4 is 9.62 Å². The number of nitrogens with zero attached hydrogens (tertiary/aromatic N) is 1. The first-order chi connectivity index (χ1) is 13.3. The summed E-state index contributed by atoms with van der Waals surface area (Å²) in [7, 11) is -3.82. The molecule has 148 valence electrons. The van der Waals surface area contributed by atoms with Crippen LogP contribution in [0.5, 0.6) is 0 Å². The molecule has 28 heavy (non-hydrogen) atoms. The highest BCUT2D eigenvalue weighted by molar-refractivity contribution is 7.89. The molecule has 0 saturated heterocycles. The summed E-state index contributed by atoms with van der Waals surface area (Å²) in [6, 6.07) is 10.6. The number of carbonyl (C=O) groups is 1. The second-order valence-electron chi connectivity index (χ2n) is 7.35. The van der Waals surface area contributed by atoms with E-state index in [1.807, 2.05) is 18.2 Å². The summed E-state index contributed by atoms with van der Waals surface area (Å²) in [5.74, 6) is -1.28. The van der Waals surface area contributed by atoms with Gasteiger partial charge in [-0.05, 0) is 48.2 Å². The highest BCUT2D eigenvalue weighted by Crippen LogP contribution is 2.44. The van der Waals surface area contributed by atoms with Gasteiger partial charge in [0.2, 0.25) is 10.0 Å². The Morgan fingerprint density at radius 2 is 2.04 bits per heavy atom. The fraction of sp³-hybridized carbons (Fsp3) is 0.350. The third-order valence-electron chi connectivity index (χ3n) is 5.42. The predicted octanol–water partition coefficient (Wildman–Crippen LogP) is 2.50. The molecule has 0 aromatic heterocycles. The van der Waals surface area contributed by atoms with Gasteiger partial charge in [-0.2, -0.15) is 0 Å². The molecule has 1 heterocycles.